The van der Waals surface area contributed by atoms with Crippen molar-refractivity contribution in [2.24, 2.45) is 5.92 Å². The van der Waals surface area contributed by atoms with E-state index in [4.69, 9.17) is 15.2 Å². The molecule has 3 N–H and O–H groups in total. The molecule has 0 radical (unpaired) electrons. The Morgan fingerprint density at radius 1 is 1.17 bits per heavy atom. The lowest BCUT2D eigenvalue weighted by atomic mass is 9.92. The highest BCUT2D eigenvalue weighted by atomic mass is 19.1. The number of benzene rings is 1. The molecule has 1 aliphatic carbocycles. The van der Waals surface area contributed by atoms with E-state index < -0.39 is 29.9 Å². The minimum absolute atomic E-state index is 0.0672. The number of aromatic nitrogens is 3. The van der Waals surface area contributed by atoms with Crippen LogP contribution >= 0.6 is 0 Å². The van der Waals surface area contributed by atoms with Gasteiger partial charge in [0.15, 0.2) is 11.6 Å². The second kappa shape index (κ2) is 6.69. The van der Waals surface area contributed by atoms with Crippen molar-refractivity contribution < 1.29 is 23.4 Å². The summed E-state index contributed by atoms with van der Waals surface area (Å²) in [5.41, 5.74) is 6.81. The molecule has 1 saturated heterocycles. The van der Waals surface area contributed by atoms with E-state index in [-0.39, 0.29) is 29.0 Å². The zero-order valence-corrected chi connectivity index (χ0v) is 16.5. The molecule has 0 amide bonds. The first-order valence-corrected chi connectivity index (χ1v) is 9.81. The molecule has 1 unspecified atom stereocenters. The van der Waals surface area contributed by atoms with Crippen molar-refractivity contribution in [1.82, 2.24) is 14.5 Å². The number of nitrogen functional groups attached to an aromatic ring is 1. The molecule has 5 atom stereocenters. The topological polar surface area (TPSA) is 95.4 Å². The van der Waals surface area contributed by atoms with Crippen molar-refractivity contribution in [3.8, 4) is 0 Å². The predicted molar refractivity (Wildman–Crippen MR) is 104 cm³/mol. The van der Waals surface area contributed by atoms with Crippen LogP contribution in [0.1, 0.15) is 38.0 Å². The van der Waals surface area contributed by atoms with Gasteiger partial charge in [-0.25, -0.2) is 18.7 Å². The summed E-state index contributed by atoms with van der Waals surface area (Å²) in [4.78, 5) is 8.10. The Morgan fingerprint density at radius 2 is 1.87 bits per heavy atom. The van der Waals surface area contributed by atoms with Crippen LogP contribution < -0.4 is 5.73 Å². The summed E-state index contributed by atoms with van der Waals surface area (Å²) in [6, 6.07) is 5.40. The fraction of sp³-hybridized carbons (Fsp3) is 0.429. The fourth-order valence-corrected chi connectivity index (χ4v) is 4.80. The summed E-state index contributed by atoms with van der Waals surface area (Å²) in [7, 11) is 0. The molecule has 1 saturated carbocycles. The molecule has 3 heterocycles. The van der Waals surface area contributed by atoms with Crippen LogP contribution in [0.5, 0.6) is 0 Å². The van der Waals surface area contributed by atoms with E-state index in [1.807, 2.05) is 0 Å². The summed E-state index contributed by atoms with van der Waals surface area (Å²) in [5.74, 6) is -2.02. The SMILES string of the molecule is CC1(C)O[C@@H]2[C@H](O1)[C@@H](C(O)c1ccc(F)cc1)C[C@H]2n1cc(F)c2c(N)ncnc21. The molecule has 7 nitrogen and oxygen atoms in total. The van der Waals surface area contributed by atoms with Gasteiger partial charge in [-0.2, -0.15) is 0 Å². The first-order chi connectivity index (χ1) is 14.2. The van der Waals surface area contributed by atoms with Crippen molar-refractivity contribution in [3.05, 3.63) is 54.0 Å². The number of nitrogens with two attached hydrogens (primary N) is 1. The van der Waals surface area contributed by atoms with Gasteiger partial charge in [0.05, 0.1) is 23.6 Å². The average Bonchev–Trinajstić information content (AvgIpc) is 3.30. The minimum atomic E-state index is -0.896. The first kappa shape index (κ1) is 19.3. The molecule has 2 aromatic heterocycles. The Balaban J connectivity index is 1.56. The summed E-state index contributed by atoms with van der Waals surface area (Å²) in [6.07, 6.45) is 1.35. The Morgan fingerprint density at radius 3 is 2.60 bits per heavy atom. The fourth-order valence-electron chi connectivity index (χ4n) is 4.80. The van der Waals surface area contributed by atoms with Gasteiger partial charge in [0.25, 0.3) is 0 Å². The van der Waals surface area contributed by atoms with Crippen molar-refractivity contribution in [2.75, 3.05) is 5.73 Å². The Kier molecular flexibility index (Phi) is 4.32. The zero-order valence-electron chi connectivity index (χ0n) is 16.5. The molecule has 5 rings (SSSR count). The molecule has 9 heteroatoms. The van der Waals surface area contributed by atoms with Gasteiger partial charge in [0, 0.05) is 12.1 Å². The summed E-state index contributed by atoms with van der Waals surface area (Å²) in [6.45, 7) is 3.61. The number of ether oxygens (including phenoxy) is 2. The lowest BCUT2D eigenvalue weighted by Gasteiger charge is -2.26. The van der Waals surface area contributed by atoms with Crippen LogP contribution in [0.15, 0.2) is 36.8 Å². The Hall–Kier alpha value is -2.62. The molecular formula is C21H22F2N4O3. The van der Waals surface area contributed by atoms with Gasteiger partial charge in [0.1, 0.15) is 29.7 Å². The van der Waals surface area contributed by atoms with Crippen LogP contribution in [0.25, 0.3) is 11.0 Å². The molecule has 0 spiro atoms. The number of fused-ring (bicyclic) bond motifs is 2. The molecule has 30 heavy (non-hydrogen) atoms. The van der Waals surface area contributed by atoms with Gasteiger partial charge in [-0.1, -0.05) is 12.1 Å². The van der Waals surface area contributed by atoms with Gasteiger partial charge in [-0.3, -0.25) is 0 Å². The molecule has 158 valence electrons. The number of aliphatic hydroxyl groups is 1. The van der Waals surface area contributed by atoms with Crippen LogP contribution in [-0.4, -0.2) is 37.6 Å². The summed E-state index contributed by atoms with van der Waals surface area (Å²) >= 11 is 0. The van der Waals surface area contributed by atoms with E-state index in [2.05, 4.69) is 9.97 Å². The van der Waals surface area contributed by atoms with Crippen LogP contribution in [0, 0.1) is 17.6 Å². The van der Waals surface area contributed by atoms with Crippen LogP contribution in [0.2, 0.25) is 0 Å². The van der Waals surface area contributed by atoms with Crippen molar-refractivity contribution in [2.45, 2.75) is 50.4 Å². The van der Waals surface area contributed by atoms with Gasteiger partial charge < -0.3 is 24.9 Å². The molecule has 2 aliphatic rings. The van der Waals surface area contributed by atoms with Gasteiger partial charge >= 0.3 is 0 Å². The third kappa shape index (κ3) is 2.96. The minimum Gasteiger partial charge on any atom is -0.388 e. The van der Waals surface area contributed by atoms with Crippen molar-refractivity contribution in [1.29, 1.82) is 0 Å². The number of nitrogens with zero attached hydrogens (tertiary/aromatic N) is 3. The van der Waals surface area contributed by atoms with E-state index in [0.717, 1.165) is 0 Å². The predicted octanol–water partition coefficient (Wildman–Crippen LogP) is 3.11. The number of aliphatic hydroxyl groups excluding tert-OH is 1. The Labute approximate surface area is 171 Å². The van der Waals surface area contributed by atoms with Gasteiger partial charge in [-0.05, 0) is 38.0 Å². The third-order valence-corrected chi connectivity index (χ3v) is 6.05. The number of halogens is 2. The van der Waals surface area contributed by atoms with E-state index in [0.29, 0.717) is 17.6 Å². The zero-order chi connectivity index (χ0) is 21.2. The van der Waals surface area contributed by atoms with E-state index in [9.17, 15) is 13.9 Å². The lowest BCUT2D eigenvalue weighted by molar-refractivity contribution is -0.165. The standard InChI is InChI=1S/C21H22F2N4O3/c1-21(2)29-17-12(16(28)10-3-5-11(22)6-4-10)7-14(18(17)30-21)27-8-13(23)15-19(24)25-9-26-20(15)27/h3-6,8-9,12,14,16-18,28H,7H2,1-2H3,(H2,24,25,26)/t12-,14-,16?,17-,18+/m1/s1. The maximum atomic E-state index is 14.6. The highest BCUT2D eigenvalue weighted by Crippen LogP contribution is 2.51. The van der Waals surface area contributed by atoms with Crippen LogP contribution in [-0.2, 0) is 9.47 Å². The summed E-state index contributed by atoms with van der Waals surface area (Å²) in [5, 5.41) is 11.2. The molecule has 3 aromatic rings. The average molecular weight is 416 g/mol. The highest BCUT2D eigenvalue weighted by Gasteiger charge is 2.56. The molecule has 2 fully saturated rings. The second-order valence-electron chi connectivity index (χ2n) is 8.37. The van der Waals surface area contributed by atoms with Crippen LogP contribution in [0.4, 0.5) is 14.6 Å². The quantitative estimate of drug-likeness (QED) is 0.681. The molecule has 1 aliphatic heterocycles. The number of hydrogen-bond donors (Lipinski definition) is 2. The number of rotatable bonds is 3. The van der Waals surface area contributed by atoms with Crippen molar-refractivity contribution >= 4 is 16.9 Å². The monoisotopic (exact) mass is 416 g/mol. The maximum Gasteiger partial charge on any atom is 0.163 e. The lowest BCUT2D eigenvalue weighted by Crippen LogP contribution is -2.29. The van der Waals surface area contributed by atoms with Crippen molar-refractivity contribution in [3.63, 3.8) is 0 Å². The van der Waals surface area contributed by atoms with Crippen LogP contribution in [0.3, 0.4) is 0 Å². The Bertz CT molecular complexity index is 1100. The molecule has 1 aromatic carbocycles. The summed E-state index contributed by atoms with van der Waals surface area (Å²) < 4.78 is 41.9. The van der Waals surface area contributed by atoms with E-state index in [1.54, 1.807) is 30.5 Å². The van der Waals surface area contributed by atoms with Gasteiger partial charge in [-0.15, -0.1) is 0 Å². The smallest absolute Gasteiger partial charge is 0.163 e. The normalized spacial score (nSPS) is 28.7. The molecular weight excluding hydrogens is 394 g/mol. The number of hydrogen-bond acceptors (Lipinski definition) is 6. The largest absolute Gasteiger partial charge is 0.388 e. The molecule has 0 bridgehead atoms. The van der Waals surface area contributed by atoms with E-state index >= 15 is 0 Å². The number of anilines is 1. The van der Waals surface area contributed by atoms with Gasteiger partial charge in [0.2, 0.25) is 0 Å². The van der Waals surface area contributed by atoms with E-state index in [1.165, 1.54) is 24.7 Å². The third-order valence-electron chi connectivity index (χ3n) is 6.05. The maximum absolute atomic E-state index is 14.6. The second-order valence-corrected chi connectivity index (χ2v) is 8.37. The first-order valence-electron chi connectivity index (χ1n) is 9.81. The highest BCUT2D eigenvalue weighted by molar-refractivity contribution is 5.86.